The molecule has 94 valence electrons. The monoisotopic (exact) mass is 275 g/mol. The average molecular weight is 276 g/mol. The van der Waals surface area contributed by atoms with Crippen LogP contribution in [-0.2, 0) is 10.1 Å². The van der Waals surface area contributed by atoms with Gasteiger partial charge in [-0.25, -0.2) is 4.98 Å². The van der Waals surface area contributed by atoms with Crippen LogP contribution < -0.4 is 0 Å². The van der Waals surface area contributed by atoms with E-state index in [9.17, 15) is 13.0 Å². The van der Waals surface area contributed by atoms with Gasteiger partial charge in [-0.1, -0.05) is 17.7 Å². The molecule has 1 aliphatic rings. The molecule has 0 amide bonds. The summed E-state index contributed by atoms with van der Waals surface area (Å²) in [6.45, 7) is 1.59. The molecule has 0 aliphatic heterocycles. The predicted octanol–water partition coefficient (Wildman–Crippen LogP) is 2.65. The number of pyridine rings is 1. The highest BCUT2D eigenvalue weighted by Crippen LogP contribution is 2.44. The van der Waals surface area contributed by atoms with E-state index in [1.54, 1.807) is 19.2 Å². The summed E-state index contributed by atoms with van der Waals surface area (Å²) in [7, 11) is -4.00. The summed E-state index contributed by atoms with van der Waals surface area (Å²) in [5.74, 6) is 0.117. The van der Waals surface area contributed by atoms with Crippen LogP contribution in [0.4, 0.5) is 0 Å². The van der Waals surface area contributed by atoms with Crippen molar-refractivity contribution < 1.29 is 13.0 Å². The van der Waals surface area contributed by atoms with Crippen molar-refractivity contribution in [1.82, 2.24) is 4.98 Å². The summed E-state index contributed by atoms with van der Waals surface area (Å²) in [6, 6.07) is 3.55. The maximum atomic E-state index is 11.3. The van der Waals surface area contributed by atoms with Gasteiger partial charge < -0.3 is 0 Å². The van der Waals surface area contributed by atoms with Gasteiger partial charge in [-0.2, -0.15) is 8.42 Å². The summed E-state index contributed by atoms with van der Waals surface area (Å²) < 4.78 is 30.8. The van der Waals surface area contributed by atoms with E-state index < -0.39 is 14.9 Å². The van der Waals surface area contributed by atoms with Gasteiger partial charge in [-0.15, -0.1) is 0 Å². The number of hydrogen-bond donors (Lipinski definition) is 1. The molecule has 1 fully saturated rings. The van der Waals surface area contributed by atoms with E-state index in [1.807, 2.05) is 6.07 Å². The molecular formula is C11H14ClNO3S. The van der Waals surface area contributed by atoms with Crippen molar-refractivity contribution in [3.8, 4) is 0 Å². The minimum absolute atomic E-state index is 0.117. The molecule has 2 rings (SSSR count). The van der Waals surface area contributed by atoms with Gasteiger partial charge >= 0.3 is 0 Å². The number of rotatable bonds is 2. The lowest BCUT2D eigenvalue weighted by atomic mass is 9.98. The van der Waals surface area contributed by atoms with Crippen molar-refractivity contribution in [2.24, 2.45) is 0 Å². The maximum Gasteiger partial charge on any atom is 0.270 e. The Morgan fingerprint density at radius 3 is 2.71 bits per heavy atom. The molecule has 1 aromatic heterocycles. The normalized spacial score (nSPS) is 29.5. The largest absolute Gasteiger partial charge is 0.285 e. The summed E-state index contributed by atoms with van der Waals surface area (Å²) >= 11 is 5.70. The summed E-state index contributed by atoms with van der Waals surface area (Å²) in [5, 5.41) is 0.421. The van der Waals surface area contributed by atoms with Crippen LogP contribution in [0.15, 0.2) is 18.3 Å². The van der Waals surface area contributed by atoms with Crippen molar-refractivity contribution in [3.05, 3.63) is 29.0 Å². The molecular weight excluding hydrogens is 262 g/mol. The highest BCUT2D eigenvalue weighted by atomic mass is 35.5. The molecule has 0 spiro atoms. The molecule has 0 aromatic carbocycles. The Labute approximate surface area is 106 Å². The van der Waals surface area contributed by atoms with E-state index >= 15 is 0 Å². The predicted molar refractivity (Wildman–Crippen MR) is 65.8 cm³/mol. The molecule has 2 atom stereocenters. The zero-order chi connectivity index (χ0) is 12.7. The molecule has 4 nitrogen and oxygen atoms in total. The first-order chi connectivity index (χ1) is 7.82. The lowest BCUT2D eigenvalue weighted by Crippen LogP contribution is -2.31. The third-order valence-electron chi connectivity index (χ3n) is 3.54. The van der Waals surface area contributed by atoms with Crippen molar-refractivity contribution in [2.45, 2.75) is 36.9 Å². The maximum absolute atomic E-state index is 11.3. The van der Waals surface area contributed by atoms with Gasteiger partial charge in [0.25, 0.3) is 10.1 Å². The Bertz CT molecular complexity index is 514. The molecule has 1 aliphatic carbocycles. The topological polar surface area (TPSA) is 67.3 Å². The zero-order valence-corrected chi connectivity index (χ0v) is 11.0. The van der Waals surface area contributed by atoms with E-state index in [0.29, 0.717) is 18.0 Å². The molecule has 1 heterocycles. The summed E-state index contributed by atoms with van der Waals surface area (Å²) in [6.07, 6.45) is 3.30. The average Bonchev–Trinajstić information content (AvgIpc) is 2.63. The van der Waals surface area contributed by atoms with Crippen molar-refractivity contribution in [2.75, 3.05) is 0 Å². The number of aromatic nitrogens is 1. The van der Waals surface area contributed by atoms with Crippen LogP contribution >= 0.6 is 11.6 Å². The van der Waals surface area contributed by atoms with Crippen LogP contribution in [-0.4, -0.2) is 22.7 Å². The zero-order valence-electron chi connectivity index (χ0n) is 9.43. The fourth-order valence-electron chi connectivity index (χ4n) is 2.35. The van der Waals surface area contributed by atoms with Crippen molar-refractivity contribution in [1.29, 1.82) is 0 Å². The SMILES string of the molecule is CC1(S(=O)(=O)O)CCC(c2ccc(Cl)nc2)C1. The van der Waals surface area contributed by atoms with E-state index in [1.165, 1.54) is 0 Å². The first-order valence-electron chi connectivity index (χ1n) is 5.40. The second-order valence-electron chi connectivity index (χ2n) is 4.78. The minimum atomic E-state index is -4.00. The highest BCUT2D eigenvalue weighted by molar-refractivity contribution is 7.87. The Hall–Kier alpha value is -0.650. The number of hydrogen-bond acceptors (Lipinski definition) is 3. The van der Waals surface area contributed by atoms with Crippen LogP contribution in [0.1, 0.15) is 37.7 Å². The van der Waals surface area contributed by atoms with Gasteiger partial charge in [0.05, 0.1) is 4.75 Å². The Balaban J connectivity index is 2.21. The van der Waals surface area contributed by atoms with Crippen LogP contribution in [0.25, 0.3) is 0 Å². The first-order valence-corrected chi connectivity index (χ1v) is 7.22. The molecule has 1 N–H and O–H groups in total. The van der Waals surface area contributed by atoms with E-state index in [0.717, 1.165) is 12.0 Å². The molecule has 17 heavy (non-hydrogen) atoms. The van der Waals surface area contributed by atoms with Gasteiger partial charge in [0.2, 0.25) is 0 Å². The molecule has 0 bridgehead atoms. The van der Waals surface area contributed by atoms with Gasteiger partial charge in [0.15, 0.2) is 0 Å². The molecule has 0 saturated heterocycles. The van der Waals surface area contributed by atoms with Crippen LogP contribution in [0, 0.1) is 0 Å². The standard InChI is InChI=1S/C11H14ClNO3S/c1-11(17(14,15)16)5-4-8(6-11)9-2-3-10(12)13-7-9/h2-3,7-8H,4-6H2,1H3,(H,14,15,16). The fourth-order valence-corrected chi connectivity index (χ4v) is 3.25. The lowest BCUT2D eigenvalue weighted by Gasteiger charge is -2.20. The van der Waals surface area contributed by atoms with Crippen molar-refractivity contribution in [3.63, 3.8) is 0 Å². The Morgan fingerprint density at radius 2 is 2.24 bits per heavy atom. The van der Waals surface area contributed by atoms with Gasteiger partial charge in [-0.3, -0.25) is 4.55 Å². The van der Waals surface area contributed by atoms with Gasteiger partial charge in [-0.05, 0) is 43.7 Å². The molecule has 1 aromatic rings. The lowest BCUT2D eigenvalue weighted by molar-refractivity contribution is 0.431. The Morgan fingerprint density at radius 1 is 1.53 bits per heavy atom. The van der Waals surface area contributed by atoms with Gasteiger partial charge in [0.1, 0.15) is 5.15 Å². The van der Waals surface area contributed by atoms with Gasteiger partial charge in [0, 0.05) is 6.20 Å². The number of halogens is 1. The first kappa shape index (κ1) is 12.8. The minimum Gasteiger partial charge on any atom is -0.285 e. The molecule has 1 saturated carbocycles. The third-order valence-corrected chi connectivity index (χ3v) is 5.38. The quantitative estimate of drug-likeness (QED) is 0.665. The van der Waals surface area contributed by atoms with E-state index in [2.05, 4.69) is 4.98 Å². The van der Waals surface area contributed by atoms with E-state index in [4.69, 9.17) is 11.6 Å². The summed E-state index contributed by atoms with van der Waals surface area (Å²) in [5.41, 5.74) is 0.974. The Kier molecular flexibility index (Phi) is 3.18. The molecule has 2 unspecified atom stereocenters. The number of nitrogens with zero attached hydrogens (tertiary/aromatic N) is 1. The van der Waals surface area contributed by atoms with Crippen LogP contribution in [0.2, 0.25) is 5.15 Å². The smallest absolute Gasteiger partial charge is 0.270 e. The van der Waals surface area contributed by atoms with Crippen LogP contribution in [0.5, 0.6) is 0 Å². The molecule has 6 heteroatoms. The van der Waals surface area contributed by atoms with E-state index in [-0.39, 0.29) is 5.92 Å². The second kappa shape index (κ2) is 4.23. The fraction of sp³-hybridized carbons (Fsp3) is 0.545. The van der Waals surface area contributed by atoms with Crippen LogP contribution in [0.3, 0.4) is 0 Å². The van der Waals surface area contributed by atoms with Crippen molar-refractivity contribution >= 4 is 21.7 Å². The second-order valence-corrected chi connectivity index (χ2v) is 7.10. The molecule has 0 radical (unpaired) electrons. The third kappa shape index (κ3) is 2.46. The highest BCUT2D eigenvalue weighted by Gasteiger charge is 2.45. The summed E-state index contributed by atoms with van der Waals surface area (Å²) in [4.78, 5) is 3.99.